The first kappa shape index (κ1) is 12.8. The maximum Gasteiger partial charge on any atom is 0.0641 e. The van der Waals surface area contributed by atoms with Gasteiger partial charge in [0.1, 0.15) is 0 Å². The molecular formula is C15H21N3. The van der Waals surface area contributed by atoms with Crippen molar-refractivity contribution < 1.29 is 0 Å². The van der Waals surface area contributed by atoms with Crippen LogP contribution in [0.3, 0.4) is 0 Å². The van der Waals surface area contributed by atoms with Crippen LogP contribution in [0.2, 0.25) is 0 Å². The van der Waals surface area contributed by atoms with Crippen LogP contribution in [-0.4, -0.2) is 16.8 Å². The average Bonchev–Trinajstić information content (AvgIpc) is 2.68. The fraction of sp³-hybridized carbons (Fsp3) is 0.400. The molecule has 0 bridgehead atoms. The van der Waals surface area contributed by atoms with Gasteiger partial charge in [-0.2, -0.15) is 5.10 Å². The number of rotatable bonds is 4. The fourth-order valence-electron chi connectivity index (χ4n) is 2.29. The number of aromatic nitrogens is 2. The van der Waals surface area contributed by atoms with E-state index in [4.69, 9.17) is 0 Å². The van der Waals surface area contributed by atoms with Gasteiger partial charge in [0.15, 0.2) is 0 Å². The Labute approximate surface area is 109 Å². The van der Waals surface area contributed by atoms with E-state index in [9.17, 15) is 0 Å². The van der Waals surface area contributed by atoms with Crippen LogP contribution < -0.4 is 5.32 Å². The first-order valence-electron chi connectivity index (χ1n) is 6.33. The first-order chi connectivity index (χ1) is 8.60. The van der Waals surface area contributed by atoms with Gasteiger partial charge in [-0.25, -0.2) is 0 Å². The second kappa shape index (κ2) is 5.36. The monoisotopic (exact) mass is 243 g/mol. The standard InChI is InChI=1S/C15H21N3/c1-11-5-7-13(8-6-11)9-15(16-3)14-10-18(4)17-12(14)2/h5-8,10,15-16H,9H2,1-4H3. The molecule has 1 aromatic carbocycles. The summed E-state index contributed by atoms with van der Waals surface area (Å²) in [6.07, 6.45) is 3.09. The quantitative estimate of drug-likeness (QED) is 0.894. The Morgan fingerprint density at radius 1 is 1.22 bits per heavy atom. The highest BCUT2D eigenvalue weighted by atomic mass is 15.3. The summed E-state index contributed by atoms with van der Waals surface area (Å²) in [6, 6.07) is 9.05. The minimum absolute atomic E-state index is 0.321. The van der Waals surface area contributed by atoms with Gasteiger partial charge in [0, 0.05) is 24.8 Å². The molecule has 2 aromatic rings. The van der Waals surface area contributed by atoms with Crippen LogP contribution in [0.15, 0.2) is 30.5 Å². The van der Waals surface area contributed by atoms with Crippen molar-refractivity contribution in [2.45, 2.75) is 26.3 Å². The molecule has 0 spiro atoms. The van der Waals surface area contributed by atoms with E-state index in [2.05, 4.69) is 54.7 Å². The van der Waals surface area contributed by atoms with Crippen LogP contribution in [0.25, 0.3) is 0 Å². The van der Waals surface area contributed by atoms with Gasteiger partial charge in [-0.05, 0) is 32.9 Å². The molecular weight excluding hydrogens is 222 g/mol. The predicted molar refractivity (Wildman–Crippen MR) is 74.6 cm³/mol. The zero-order valence-corrected chi connectivity index (χ0v) is 11.6. The summed E-state index contributed by atoms with van der Waals surface area (Å²) in [5, 5.41) is 7.79. The van der Waals surface area contributed by atoms with Crippen molar-refractivity contribution in [3.63, 3.8) is 0 Å². The smallest absolute Gasteiger partial charge is 0.0641 e. The minimum Gasteiger partial charge on any atom is -0.313 e. The van der Waals surface area contributed by atoms with Crippen molar-refractivity contribution in [2.24, 2.45) is 7.05 Å². The van der Waals surface area contributed by atoms with Crippen LogP contribution in [0.5, 0.6) is 0 Å². The van der Waals surface area contributed by atoms with Crippen molar-refractivity contribution in [3.05, 3.63) is 52.8 Å². The topological polar surface area (TPSA) is 29.9 Å². The lowest BCUT2D eigenvalue weighted by Crippen LogP contribution is -2.19. The molecule has 1 heterocycles. The van der Waals surface area contributed by atoms with E-state index in [1.165, 1.54) is 16.7 Å². The molecule has 0 fully saturated rings. The SMILES string of the molecule is CNC(Cc1ccc(C)cc1)c1cn(C)nc1C. The Bertz CT molecular complexity index is 511. The van der Waals surface area contributed by atoms with Crippen molar-refractivity contribution in [1.82, 2.24) is 15.1 Å². The van der Waals surface area contributed by atoms with Crippen LogP contribution in [-0.2, 0) is 13.5 Å². The van der Waals surface area contributed by atoms with E-state index in [1.54, 1.807) is 0 Å². The van der Waals surface area contributed by atoms with Gasteiger partial charge < -0.3 is 5.32 Å². The number of benzene rings is 1. The van der Waals surface area contributed by atoms with Crippen molar-refractivity contribution in [3.8, 4) is 0 Å². The first-order valence-corrected chi connectivity index (χ1v) is 6.33. The summed E-state index contributed by atoms with van der Waals surface area (Å²) in [5.41, 5.74) is 5.03. The van der Waals surface area contributed by atoms with Crippen LogP contribution in [0.4, 0.5) is 0 Å². The zero-order chi connectivity index (χ0) is 13.1. The largest absolute Gasteiger partial charge is 0.313 e. The van der Waals surface area contributed by atoms with Gasteiger partial charge in [-0.3, -0.25) is 4.68 Å². The summed E-state index contributed by atoms with van der Waals surface area (Å²) in [7, 11) is 3.97. The summed E-state index contributed by atoms with van der Waals surface area (Å²) in [5.74, 6) is 0. The van der Waals surface area contributed by atoms with Crippen LogP contribution in [0, 0.1) is 13.8 Å². The van der Waals surface area contributed by atoms with Gasteiger partial charge in [-0.1, -0.05) is 29.8 Å². The molecule has 1 N–H and O–H groups in total. The third-order valence-electron chi connectivity index (χ3n) is 3.34. The van der Waals surface area contributed by atoms with Crippen LogP contribution >= 0.6 is 0 Å². The molecule has 0 radical (unpaired) electrons. The summed E-state index contributed by atoms with van der Waals surface area (Å²) < 4.78 is 1.88. The van der Waals surface area contributed by atoms with Gasteiger partial charge in [-0.15, -0.1) is 0 Å². The second-order valence-corrected chi connectivity index (χ2v) is 4.87. The third-order valence-corrected chi connectivity index (χ3v) is 3.34. The molecule has 0 aliphatic rings. The molecule has 0 saturated heterocycles. The molecule has 0 amide bonds. The van der Waals surface area contributed by atoms with E-state index >= 15 is 0 Å². The Morgan fingerprint density at radius 3 is 2.39 bits per heavy atom. The van der Waals surface area contributed by atoms with E-state index in [-0.39, 0.29) is 0 Å². The highest BCUT2D eigenvalue weighted by Crippen LogP contribution is 2.20. The summed E-state index contributed by atoms with van der Waals surface area (Å²) >= 11 is 0. The molecule has 3 heteroatoms. The lowest BCUT2D eigenvalue weighted by Gasteiger charge is -2.15. The number of nitrogens with zero attached hydrogens (tertiary/aromatic N) is 2. The predicted octanol–water partition coefficient (Wildman–Crippen LogP) is 2.54. The number of hydrogen-bond donors (Lipinski definition) is 1. The van der Waals surface area contributed by atoms with E-state index < -0.39 is 0 Å². The molecule has 1 unspecified atom stereocenters. The number of nitrogens with one attached hydrogen (secondary N) is 1. The molecule has 1 atom stereocenters. The number of aryl methyl sites for hydroxylation is 3. The Kier molecular flexibility index (Phi) is 3.82. The van der Waals surface area contributed by atoms with Crippen molar-refractivity contribution >= 4 is 0 Å². The Hall–Kier alpha value is -1.61. The maximum atomic E-state index is 4.41. The lowest BCUT2D eigenvalue weighted by atomic mass is 9.99. The second-order valence-electron chi connectivity index (χ2n) is 4.87. The highest BCUT2D eigenvalue weighted by Gasteiger charge is 2.15. The molecule has 96 valence electrons. The molecule has 0 aliphatic carbocycles. The maximum absolute atomic E-state index is 4.41. The van der Waals surface area contributed by atoms with Crippen molar-refractivity contribution in [1.29, 1.82) is 0 Å². The number of likely N-dealkylation sites (N-methyl/N-ethyl adjacent to an activating group) is 1. The molecule has 0 saturated carbocycles. The molecule has 1 aromatic heterocycles. The summed E-state index contributed by atoms with van der Waals surface area (Å²) in [4.78, 5) is 0. The van der Waals surface area contributed by atoms with Gasteiger partial charge >= 0.3 is 0 Å². The minimum atomic E-state index is 0.321. The fourth-order valence-corrected chi connectivity index (χ4v) is 2.29. The molecule has 0 aliphatic heterocycles. The van der Waals surface area contributed by atoms with Crippen molar-refractivity contribution in [2.75, 3.05) is 7.05 Å². The van der Waals surface area contributed by atoms with E-state index in [1.807, 2.05) is 18.8 Å². The van der Waals surface area contributed by atoms with Gasteiger partial charge in [0.25, 0.3) is 0 Å². The normalized spacial score (nSPS) is 12.7. The Morgan fingerprint density at radius 2 is 1.89 bits per heavy atom. The van der Waals surface area contributed by atoms with E-state index in [0.717, 1.165) is 12.1 Å². The van der Waals surface area contributed by atoms with Gasteiger partial charge in [0.2, 0.25) is 0 Å². The highest BCUT2D eigenvalue weighted by molar-refractivity contribution is 5.26. The average molecular weight is 243 g/mol. The molecule has 3 nitrogen and oxygen atoms in total. The Balaban J connectivity index is 2.19. The van der Waals surface area contributed by atoms with E-state index in [0.29, 0.717) is 6.04 Å². The number of hydrogen-bond acceptors (Lipinski definition) is 2. The lowest BCUT2D eigenvalue weighted by molar-refractivity contribution is 0.588. The van der Waals surface area contributed by atoms with Crippen LogP contribution in [0.1, 0.15) is 28.4 Å². The zero-order valence-electron chi connectivity index (χ0n) is 11.6. The van der Waals surface area contributed by atoms with Gasteiger partial charge in [0.05, 0.1) is 5.69 Å². The molecule has 18 heavy (non-hydrogen) atoms. The molecule has 2 rings (SSSR count). The third kappa shape index (κ3) is 2.79. The summed E-state index contributed by atoms with van der Waals surface area (Å²) in [6.45, 7) is 4.18.